The molecule has 0 aliphatic carbocycles. The van der Waals surface area contributed by atoms with Gasteiger partial charge >= 0.3 is 6.18 Å². The number of hydrogen-bond donors (Lipinski definition) is 1. The van der Waals surface area contributed by atoms with Crippen LogP contribution < -0.4 is 10.9 Å². The zero-order valence-electron chi connectivity index (χ0n) is 14.6. The standard InChI is InChI=1S/C17H9ClF4N6O2/c18-8-5-10(19)14(23-6-8)26-12(29)7-27-13-3-4-24-28(13)15-9(16(27)30)1-2-11(25-15)17(20,21)22/h1-6H,7H2,(H,23,26,29). The number of carbonyl (C=O) groups excluding carboxylic acids is 1. The third-order valence-electron chi connectivity index (χ3n) is 4.11. The zero-order valence-corrected chi connectivity index (χ0v) is 15.4. The average molecular weight is 441 g/mol. The van der Waals surface area contributed by atoms with Gasteiger partial charge in [-0.15, -0.1) is 0 Å². The zero-order chi connectivity index (χ0) is 21.6. The first-order valence-corrected chi connectivity index (χ1v) is 8.58. The van der Waals surface area contributed by atoms with E-state index in [4.69, 9.17) is 11.6 Å². The molecule has 4 heterocycles. The molecule has 0 saturated heterocycles. The molecule has 1 amide bonds. The number of rotatable bonds is 3. The summed E-state index contributed by atoms with van der Waals surface area (Å²) in [5.41, 5.74) is -2.24. The summed E-state index contributed by atoms with van der Waals surface area (Å²) < 4.78 is 54.8. The van der Waals surface area contributed by atoms with Crippen LogP contribution in [0.5, 0.6) is 0 Å². The van der Waals surface area contributed by atoms with Crippen LogP contribution in [0.3, 0.4) is 0 Å². The lowest BCUT2D eigenvalue weighted by atomic mass is 10.2. The number of halogens is 5. The minimum Gasteiger partial charge on any atom is -0.307 e. The van der Waals surface area contributed by atoms with Crippen LogP contribution in [0, 0.1) is 5.82 Å². The molecule has 8 nitrogen and oxygen atoms in total. The van der Waals surface area contributed by atoms with Gasteiger partial charge in [-0.3, -0.25) is 14.2 Å². The van der Waals surface area contributed by atoms with Crippen molar-refractivity contribution in [2.45, 2.75) is 12.7 Å². The summed E-state index contributed by atoms with van der Waals surface area (Å²) >= 11 is 5.60. The highest BCUT2D eigenvalue weighted by molar-refractivity contribution is 6.30. The highest BCUT2D eigenvalue weighted by atomic mass is 35.5. The fraction of sp³-hybridized carbons (Fsp3) is 0.118. The van der Waals surface area contributed by atoms with E-state index >= 15 is 0 Å². The number of nitrogens with zero attached hydrogens (tertiary/aromatic N) is 5. The van der Waals surface area contributed by atoms with Crippen molar-refractivity contribution in [2.24, 2.45) is 0 Å². The highest BCUT2D eigenvalue weighted by Gasteiger charge is 2.33. The normalized spacial score (nSPS) is 11.9. The van der Waals surface area contributed by atoms with E-state index in [0.29, 0.717) is 6.07 Å². The smallest absolute Gasteiger partial charge is 0.307 e. The maximum atomic E-state index is 13.8. The van der Waals surface area contributed by atoms with Gasteiger partial charge in [-0.05, 0) is 18.2 Å². The summed E-state index contributed by atoms with van der Waals surface area (Å²) in [5.74, 6) is -2.06. The molecule has 0 fully saturated rings. The first kappa shape index (κ1) is 19.8. The number of carbonyl (C=O) groups is 1. The minimum absolute atomic E-state index is 0.0269. The SMILES string of the molecule is O=C(Cn1c(=O)c2ccc(C(F)(F)F)nc2n2nccc12)Nc1ncc(Cl)cc1F. The summed E-state index contributed by atoms with van der Waals surface area (Å²) in [6, 6.07) is 3.91. The van der Waals surface area contributed by atoms with Gasteiger partial charge in [0.15, 0.2) is 17.3 Å². The Kier molecular flexibility index (Phi) is 4.65. The largest absolute Gasteiger partial charge is 0.433 e. The highest BCUT2D eigenvalue weighted by Crippen LogP contribution is 2.28. The average Bonchev–Trinajstić information content (AvgIpc) is 3.16. The number of aromatic nitrogens is 5. The van der Waals surface area contributed by atoms with Gasteiger partial charge in [0.05, 0.1) is 16.6 Å². The molecule has 0 saturated carbocycles. The molecule has 0 spiro atoms. The molecular weight excluding hydrogens is 432 g/mol. The third-order valence-corrected chi connectivity index (χ3v) is 4.32. The van der Waals surface area contributed by atoms with Gasteiger partial charge in [-0.25, -0.2) is 14.4 Å². The Morgan fingerprint density at radius 2 is 2.00 bits per heavy atom. The first-order chi connectivity index (χ1) is 14.1. The topological polar surface area (TPSA) is 94.2 Å². The van der Waals surface area contributed by atoms with Crippen molar-refractivity contribution >= 4 is 40.0 Å². The molecule has 0 radical (unpaired) electrons. The molecule has 0 aromatic carbocycles. The second-order valence-electron chi connectivity index (χ2n) is 6.09. The van der Waals surface area contributed by atoms with E-state index in [-0.39, 0.29) is 27.5 Å². The molecular formula is C17H9ClF4N6O2. The van der Waals surface area contributed by atoms with Crippen LogP contribution in [0.1, 0.15) is 5.69 Å². The predicted octanol–water partition coefficient (Wildman–Crippen LogP) is 2.89. The molecule has 4 aromatic heterocycles. The molecule has 0 aliphatic rings. The first-order valence-electron chi connectivity index (χ1n) is 8.20. The van der Waals surface area contributed by atoms with Gasteiger partial charge in [0.25, 0.3) is 5.56 Å². The van der Waals surface area contributed by atoms with E-state index in [1.54, 1.807) is 0 Å². The van der Waals surface area contributed by atoms with E-state index in [2.05, 4.69) is 20.4 Å². The molecule has 30 heavy (non-hydrogen) atoms. The number of anilines is 1. The molecule has 13 heteroatoms. The van der Waals surface area contributed by atoms with Crippen LogP contribution in [0.25, 0.3) is 16.7 Å². The van der Waals surface area contributed by atoms with Crippen LogP contribution in [0.15, 0.2) is 41.5 Å². The summed E-state index contributed by atoms with van der Waals surface area (Å²) in [5, 5.41) is 5.96. The number of fused-ring (bicyclic) bond motifs is 3. The minimum atomic E-state index is -4.71. The van der Waals surface area contributed by atoms with Crippen molar-refractivity contribution in [1.29, 1.82) is 0 Å². The molecule has 4 aromatic rings. The fourth-order valence-electron chi connectivity index (χ4n) is 2.82. The van der Waals surface area contributed by atoms with Crippen molar-refractivity contribution in [2.75, 3.05) is 5.32 Å². The van der Waals surface area contributed by atoms with E-state index in [1.807, 2.05) is 0 Å². The van der Waals surface area contributed by atoms with Crippen LogP contribution >= 0.6 is 11.6 Å². The number of hydrogen-bond acceptors (Lipinski definition) is 5. The quantitative estimate of drug-likeness (QED) is 0.494. The second-order valence-corrected chi connectivity index (χ2v) is 6.53. The Hall–Kier alpha value is -3.54. The van der Waals surface area contributed by atoms with Crippen LogP contribution in [0.2, 0.25) is 5.02 Å². The van der Waals surface area contributed by atoms with Crippen molar-refractivity contribution < 1.29 is 22.4 Å². The van der Waals surface area contributed by atoms with Crippen LogP contribution in [-0.2, 0) is 17.5 Å². The van der Waals surface area contributed by atoms with Crippen molar-refractivity contribution in [3.05, 3.63) is 63.5 Å². The Morgan fingerprint density at radius 3 is 2.70 bits per heavy atom. The monoisotopic (exact) mass is 440 g/mol. The van der Waals surface area contributed by atoms with Gasteiger partial charge in [-0.2, -0.15) is 22.8 Å². The Labute approximate surface area is 168 Å². The summed E-state index contributed by atoms with van der Waals surface area (Å²) in [6.45, 7) is -0.575. The van der Waals surface area contributed by atoms with E-state index in [0.717, 1.165) is 27.4 Å². The molecule has 0 atom stereocenters. The lowest BCUT2D eigenvalue weighted by molar-refractivity contribution is -0.141. The number of amides is 1. The summed E-state index contributed by atoms with van der Waals surface area (Å²) in [6.07, 6.45) is -2.34. The number of nitrogens with one attached hydrogen (secondary N) is 1. The van der Waals surface area contributed by atoms with E-state index in [1.165, 1.54) is 12.3 Å². The van der Waals surface area contributed by atoms with Crippen LogP contribution in [0.4, 0.5) is 23.4 Å². The molecule has 0 aliphatic heterocycles. The van der Waals surface area contributed by atoms with E-state index in [9.17, 15) is 27.2 Å². The summed E-state index contributed by atoms with van der Waals surface area (Å²) in [4.78, 5) is 32.3. The molecule has 0 unspecified atom stereocenters. The Bertz CT molecular complexity index is 1360. The molecule has 0 bridgehead atoms. The van der Waals surface area contributed by atoms with Crippen molar-refractivity contribution in [3.8, 4) is 0 Å². The number of pyridine rings is 2. The predicted molar refractivity (Wildman–Crippen MR) is 97.6 cm³/mol. The maximum absolute atomic E-state index is 13.8. The van der Waals surface area contributed by atoms with Crippen LogP contribution in [-0.4, -0.2) is 30.1 Å². The Morgan fingerprint density at radius 1 is 1.23 bits per heavy atom. The van der Waals surface area contributed by atoms with Crippen molar-refractivity contribution in [3.63, 3.8) is 0 Å². The summed E-state index contributed by atoms with van der Waals surface area (Å²) in [7, 11) is 0. The van der Waals surface area contributed by atoms with Gasteiger partial charge in [-0.1, -0.05) is 11.6 Å². The van der Waals surface area contributed by atoms with Gasteiger partial charge < -0.3 is 5.32 Å². The fourth-order valence-corrected chi connectivity index (χ4v) is 2.97. The number of alkyl halides is 3. The lowest BCUT2D eigenvalue weighted by Gasteiger charge is -2.12. The maximum Gasteiger partial charge on any atom is 0.433 e. The van der Waals surface area contributed by atoms with Gasteiger partial charge in [0, 0.05) is 12.3 Å². The third kappa shape index (κ3) is 3.45. The van der Waals surface area contributed by atoms with E-state index < -0.39 is 35.7 Å². The molecule has 154 valence electrons. The molecule has 4 rings (SSSR count). The van der Waals surface area contributed by atoms with Crippen molar-refractivity contribution in [1.82, 2.24) is 24.1 Å². The van der Waals surface area contributed by atoms with Gasteiger partial charge in [0.1, 0.15) is 17.9 Å². The Balaban J connectivity index is 1.77. The molecule has 1 N–H and O–H groups in total. The lowest BCUT2D eigenvalue weighted by Crippen LogP contribution is -2.30. The van der Waals surface area contributed by atoms with Gasteiger partial charge in [0.2, 0.25) is 5.91 Å². The second kappa shape index (κ2) is 7.06.